The van der Waals surface area contributed by atoms with Crippen LogP contribution in [0.25, 0.3) is 0 Å². The Morgan fingerprint density at radius 3 is 2.56 bits per heavy atom. The highest BCUT2D eigenvalue weighted by Crippen LogP contribution is 2.38. The van der Waals surface area contributed by atoms with Crippen molar-refractivity contribution < 1.29 is 9.53 Å². The highest BCUT2D eigenvalue weighted by atomic mass is 32.1. The number of ether oxygens (including phenoxy) is 1. The Labute approximate surface area is 156 Å². The summed E-state index contributed by atoms with van der Waals surface area (Å²) >= 11 is 5.50. The number of hydrogen-bond acceptors (Lipinski definition) is 3. The first kappa shape index (κ1) is 19.5. The summed E-state index contributed by atoms with van der Waals surface area (Å²) in [6, 6.07) is 7.98. The fraction of sp³-hybridized carbons (Fsp3) is 0.579. The number of para-hydroxylation sites is 1. The number of hydrogen-bond donors (Lipinski definition) is 1. The Morgan fingerprint density at radius 2 is 1.96 bits per heavy atom. The molecule has 2 rings (SSSR count). The summed E-state index contributed by atoms with van der Waals surface area (Å²) in [5.74, 6) is 0.984. The van der Waals surface area contributed by atoms with E-state index in [1.54, 1.807) is 7.11 Å². The van der Waals surface area contributed by atoms with E-state index in [1.165, 1.54) is 0 Å². The van der Waals surface area contributed by atoms with E-state index in [2.05, 4.69) is 16.3 Å². The van der Waals surface area contributed by atoms with E-state index in [0.29, 0.717) is 6.54 Å². The van der Waals surface area contributed by atoms with E-state index in [0.717, 1.165) is 42.6 Å². The van der Waals surface area contributed by atoms with E-state index in [1.807, 2.05) is 43.9 Å². The fourth-order valence-corrected chi connectivity index (χ4v) is 3.83. The van der Waals surface area contributed by atoms with Crippen LogP contribution >= 0.6 is 12.2 Å². The number of amides is 1. The molecule has 0 aromatic heterocycles. The molecule has 0 bridgehead atoms. The van der Waals surface area contributed by atoms with Gasteiger partial charge in [-0.2, -0.15) is 0 Å². The van der Waals surface area contributed by atoms with Crippen molar-refractivity contribution in [1.29, 1.82) is 0 Å². The van der Waals surface area contributed by atoms with Gasteiger partial charge in [-0.3, -0.25) is 4.79 Å². The first-order valence-corrected chi connectivity index (χ1v) is 9.42. The van der Waals surface area contributed by atoms with Crippen molar-refractivity contribution in [1.82, 2.24) is 15.1 Å². The molecule has 2 unspecified atom stereocenters. The van der Waals surface area contributed by atoms with Crippen molar-refractivity contribution in [2.45, 2.75) is 26.7 Å². The molecule has 1 aliphatic rings. The van der Waals surface area contributed by atoms with Crippen molar-refractivity contribution in [3.8, 4) is 5.75 Å². The van der Waals surface area contributed by atoms with Crippen molar-refractivity contribution in [3.63, 3.8) is 0 Å². The monoisotopic (exact) mass is 363 g/mol. The van der Waals surface area contributed by atoms with Crippen molar-refractivity contribution in [3.05, 3.63) is 29.8 Å². The molecule has 0 saturated carbocycles. The number of methoxy groups -OCH3 is 1. The van der Waals surface area contributed by atoms with Crippen molar-refractivity contribution in [2.75, 3.05) is 39.8 Å². The van der Waals surface area contributed by atoms with Crippen LogP contribution in [-0.4, -0.2) is 60.7 Å². The number of carbonyl (C=O) groups is 1. The Morgan fingerprint density at radius 1 is 1.28 bits per heavy atom. The molecule has 0 aliphatic carbocycles. The molecule has 2 atom stereocenters. The van der Waals surface area contributed by atoms with Crippen LogP contribution in [0, 0.1) is 5.92 Å². The zero-order valence-corrected chi connectivity index (χ0v) is 16.4. The smallest absolute Gasteiger partial charge is 0.228 e. The average Bonchev–Trinajstić information content (AvgIpc) is 3.08. The lowest BCUT2D eigenvalue weighted by atomic mass is 9.87. The van der Waals surface area contributed by atoms with Crippen molar-refractivity contribution >= 4 is 23.2 Å². The molecule has 1 fully saturated rings. The first-order chi connectivity index (χ1) is 12.1. The topological polar surface area (TPSA) is 44.8 Å². The molecule has 1 amide bonds. The first-order valence-electron chi connectivity index (χ1n) is 9.01. The van der Waals surface area contributed by atoms with E-state index in [-0.39, 0.29) is 17.7 Å². The van der Waals surface area contributed by atoms with Gasteiger partial charge in [-0.15, -0.1) is 0 Å². The van der Waals surface area contributed by atoms with Gasteiger partial charge in [0.2, 0.25) is 5.91 Å². The van der Waals surface area contributed by atoms with E-state index >= 15 is 0 Å². The molecule has 0 spiro atoms. The number of nitrogens with zero attached hydrogens (tertiary/aromatic N) is 2. The molecule has 1 N–H and O–H groups in total. The minimum atomic E-state index is -0.118. The highest BCUT2D eigenvalue weighted by Gasteiger charge is 2.41. The maximum Gasteiger partial charge on any atom is 0.228 e. The Balaban J connectivity index is 2.34. The van der Waals surface area contributed by atoms with Gasteiger partial charge in [0.25, 0.3) is 0 Å². The van der Waals surface area contributed by atoms with Gasteiger partial charge >= 0.3 is 0 Å². The zero-order valence-electron chi connectivity index (χ0n) is 15.6. The summed E-state index contributed by atoms with van der Waals surface area (Å²) in [4.78, 5) is 17.1. The molecule has 6 heteroatoms. The number of nitrogens with one attached hydrogen (secondary N) is 1. The lowest BCUT2D eigenvalue weighted by Crippen LogP contribution is -2.41. The summed E-state index contributed by atoms with van der Waals surface area (Å²) in [5.41, 5.74) is 1.08. The number of likely N-dealkylation sites (tertiary alicyclic amines) is 1. The minimum Gasteiger partial charge on any atom is -0.496 e. The molecule has 1 heterocycles. The summed E-state index contributed by atoms with van der Waals surface area (Å²) in [6.07, 6.45) is 0. The van der Waals surface area contributed by atoms with Crippen LogP contribution in [0.15, 0.2) is 24.3 Å². The lowest BCUT2D eigenvalue weighted by molar-refractivity contribution is -0.135. The number of benzene rings is 1. The molecule has 1 aromatic rings. The summed E-state index contributed by atoms with van der Waals surface area (Å²) in [5, 5.41) is 3.93. The number of carbonyl (C=O) groups excluding carboxylic acids is 1. The molecular formula is C19H29N3O2S. The molecule has 5 nitrogen and oxygen atoms in total. The third kappa shape index (κ3) is 4.24. The zero-order chi connectivity index (χ0) is 18.4. The number of rotatable bonds is 6. The van der Waals surface area contributed by atoms with Crippen LogP contribution < -0.4 is 10.1 Å². The summed E-state index contributed by atoms with van der Waals surface area (Å²) < 4.78 is 5.55. The second-order valence-electron chi connectivity index (χ2n) is 6.21. The largest absolute Gasteiger partial charge is 0.496 e. The van der Waals surface area contributed by atoms with E-state index in [4.69, 9.17) is 17.0 Å². The Bertz CT molecular complexity index is 604. The van der Waals surface area contributed by atoms with Crippen LogP contribution in [-0.2, 0) is 4.79 Å². The molecule has 138 valence electrons. The van der Waals surface area contributed by atoms with Gasteiger partial charge in [-0.1, -0.05) is 18.2 Å². The Hall–Kier alpha value is -1.82. The molecule has 1 aromatic carbocycles. The molecule has 1 saturated heterocycles. The third-order valence-corrected chi connectivity index (χ3v) is 5.27. The van der Waals surface area contributed by atoms with Gasteiger partial charge in [0.15, 0.2) is 5.11 Å². The van der Waals surface area contributed by atoms with E-state index < -0.39 is 0 Å². The van der Waals surface area contributed by atoms with Gasteiger partial charge < -0.3 is 19.9 Å². The second-order valence-corrected chi connectivity index (χ2v) is 6.59. The quantitative estimate of drug-likeness (QED) is 0.787. The summed E-state index contributed by atoms with van der Waals surface area (Å²) in [6.45, 7) is 9.67. The highest BCUT2D eigenvalue weighted by molar-refractivity contribution is 7.80. The van der Waals surface area contributed by atoms with Gasteiger partial charge in [0, 0.05) is 38.6 Å². The standard InChI is InChI=1S/C19H29N3O2S/c1-5-20-19(25)22-12-15(14-10-8-9-11-17(14)24-4)16(13-22)18(23)21(6-2)7-3/h8-11,15-16H,5-7,12-13H2,1-4H3,(H,20,25). The minimum absolute atomic E-state index is 0.0702. The molecule has 0 radical (unpaired) electrons. The lowest BCUT2D eigenvalue weighted by Gasteiger charge is -2.26. The van der Waals surface area contributed by atoms with Crippen LogP contribution in [0.1, 0.15) is 32.3 Å². The number of thiocarbonyl (C=S) groups is 1. The Kier molecular flexibility index (Phi) is 7.05. The van der Waals surface area contributed by atoms with Gasteiger partial charge in [0.1, 0.15) is 5.75 Å². The molecular weight excluding hydrogens is 334 g/mol. The van der Waals surface area contributed by atoms with Crippen LogP contribution in [0.3, 0.4) is 0 Å². The second kappa shape index (κ2) is 9.04. The average molecular weight is 364 g/mol. The summed E-state index contributed by atoms with van der Waals surface area (Å²) in [7, 11) is 1.68. The van der Waals surface area contributed by atoms with Gasteiger partial charge in [0.05, 0.1) is 13.0 Å². The predicted octanol–water partition coefficient (Wildman–Crippen LogP) is 2.47. The van der Waals surface area contributed by atoms with Gasteiger partial charge in [-0.05, 0) is 44.6 Å². The predicted molar refractivity (Wildman–Crippen MR) is 105 cm³/mol. The normalized spacial score (nSPS) is 19.6. The maximum absolute atomic E-state index is 13.1. The van der Waals surface area contributed by atoms with Crippen molar-refractivity contribution in [2.24, 2.45) is 5.92 Å². The SMILES string of the molecule is CCNC(=S)N1CC(C(=O)N(CC)CC)C(c2ccccc2OC)C1. The van der Waals surface area contributed by atoms with Gasteiger partial charge in [-0.25, -0.2) is 0 Å². The molecule has 25 heavy (non-hydrogen) atoms. The van der Waals surface area contributed by atoms with Crippen LogP contribution in [0.4, 0.5) is 0 Å². The molecule has 1 aliphatic heterocycles. The third-order valence-electron chi connectivity index (χ3n) is 4.87. The van der Waals surface area contributed by atoms with Crippen LogP contribution in [0.5, 0.6) is 5.75 Å². The van der Waals surface area contributed by atoms with E-state index in [9.17, 15) is 4.79 Å². The fourth-order valence-electron chi connectivity index (χ4n) is 3.54. The van der Waals surface area contributed by atoms with Crippen LogP contribution in [0.2, 0.25) is 0 Å². The maximum atomic E-state index is 13.1.